The van der Waals surface area contributed by atoms with Gasteiger partial charge in [0.05, 0.1) is 6.04 Å². The summed E-state index contributed by atoms with van der Waals surface area (Å²) in [5, 5.41) is 5.53. The van der Waals surface area contributed by atoms with Crippen LogP contribution in [0.25, 0.3) is 0 Å². The normalized spacial score (nSPS) is 11.5. The molecule has 0 radical (unpaired) electrons. The van der Waals surface area contributed by atoms with E-state index < -0.39 is 11.7 Å². The molecule has 2 aromatic rings. The van der Waals surface area contributed by atoms with Crippen LogP contribution in [-0.2, 0) is 9.59 Å². The SMILES string of the molecule is CCN(CC)C(=O)CCCC(=O)Nc1cc(C(=O)NC(C)c2ccccc2)cc(F)c1C. The first-order chi connectivity index (χ1) is 15.3. The molecule has 32 heavy (non-hydrogen) atoms. The number of rotatable bonds is 10. The average Bonchev–Trinajstić information content (AvgIpc) is 2.78. The van der Waals surface area contributed by atoms with Crippen LogP contribution in [-0.4, -0.2) is 35.7 Å². The molecule has 6 nitrogen and oxygen atoms in total. The molecule has 0 aliphatic heterocycles. The molecule has 0 spiro atoms. The number of benzene rings is 2. The monoisotopic (exact) mass is 441 g/mol. The number of hydrogen-bond donors (Lipinski definition) is 2. The molecule has 1 atom stereocenters. The maximum Gasteiger partial charge on any atom is 0.251 e. The number of hydrogen-bond acceptors (Lipinski definition) is 3. The van der Waals surface area contributed by atoms with E-state index in [1.165, 1.54) is 12.1 Å². The van der Waals surface area contributed by atoms with E-state index >= 15 is 0 Å². The van der Waals surface area contributed by atoms with E-state index in [1.807, 2.05) is 51.1 Å². The zero-order valence-corrected chi connectivity index (χ0v) is 19.2. The number of carbonyl (C=O) groups excluding carboxylic acids is 3. The summed E-state index contributed by atoms with van der Waals surface area (Å²) in [5.74, 6) is -1.32. The zero-order chi connectivity index (χ0) is 23.7. The molecular weight excluding hydrogens is 409 g/mol. The Bertz CT molecular complexity index is 943. The number of anilines is 1. The van der Waals surface area contributed by atoms with Crippen molar-refractivity contribution < 1.29 is 18.8 Å². The number of halogens is 1. The van der Waals surface area contributed by atoms with Crippen LogP contribution >= 0.6 is 0 Å². The van der Waals surface area contributed by atoms with Gasteiger partial charge in [-0.25, -0.2) is 4.39 Å². The lowest BCUT2D eigenvalue weighted by molar-refractivity contribution is -0.131. The maximum absolute atomic E-state index is 14.5. The number of nitrogens with zero attached hydrogens (tertiary/aromatic N) is 1. The highest BCUT2D eigenvalue weighted by Gasteiger charge is 2.17. The van der Waals surface area contributed by atoms with Crippen LogP contribution in [0.1, 0.15) is 67.6 Å². The topological polar surface area (TPSA) is 78.5 Å². The van der Waals surface area contributed by atoms with Crippen LogP contribution in [0.3, 0.4) is 0 Å². The minimum absolute atomic E-state index is 0.0104. The first kappa shape index (κ1) is 25.0. The second-order valence-electron chi connectivity index (χ2n) is 7.70. The molecule has 0 aliphatic rings. The van der Waals surface area contributed by atoms with Gasteiger partial charge < -0.3 is 15.5 Å². The van der Waals surface area contributed by atoms with Crippen LogP contribution < -0.4 is 10.6 Å². The Morgan fingerprint density at radius 3 is 2.31 bits per heavy atom. The predicted octanol–water partition coefficient (Wildman–Crippen LogP) is 4.60. The van der Waals surface area contributed by atoms with Gasteiger partial charge in [0, 0.05) is 42.7 Å². The van der Waals surface area contributed by atoms with Crippen molar-refractivity contribution in [3.05, 3.63) is 65.0 Å². The summed E-state index contributed by atoms with van der Waals surface area (Å²) in [4.78, 5) is 38.8. The lowest BCUT2D eigenvalue weighted by Crippen LogP contribution is -2.30. The molecule has 2 N–H and O–H groups in total. The number of carbonyl (C=O) groups is 3. The maximum atomic E-state index is 14.5. The summed E-state index contributed by atoms with van der Waals surface area (Å²) in [6.45, 7) is 8.49. The van der Waals surface area contributed by atoms with E-state index in [4.69, 9.17) is 0 Å². The van der Waals surface area contributed by atoms with Crippen molar-refractivity contribution in [1.29, 1.82) is 0 Å². The number of amides is 3. The van der Waals surface area contributed by atoms with Gasteiger partial charge in [0.2, 0.25) is 11.8 Å². The van der Waals surface area contributed by atoms with E-state index in [1.54, 1.807) is 11.8 Å². The van der Waals surface area contributed by atoms with Crippen molar-refractivity contribution in [3.8, 4) is 0 Å². The Morgan fingerprint density at radius 1 is 1.03 bits per heavy atom. The Labute approximate surface area is 189 Å². The second kappa shape index (κ2) is 12.0. The summed E-state index contributed by atoms with van der Waals surface area (Å²) in [6, 6.07) is 11.8. The second-order valence-corrected chi connectivity index (χ2v) is 7.70. The average molecular weight is 442 g/mol. The van der Waals surface area contributed by atoms with E-state index in [0.29, 0.717) is 19.5 Å². The van der Waals surface area contributed by atoms with Crippen LogP contribution in [0.4, 0.5) is 10.1 Å². The molecular formula is C25H32FN3O3. The molecule has 0 saturated carbocycles. The Hall–Kier alpha value is -3.22. The van der Waals surface area contributed by atoms with Gasteiger partial charge in [-0.1, -0.05) is 30.3 Å². The standard InChI is InChI=1S/C25H32FN3O3/c1-5-29(6-2)24(31)14-10-13-23(30)28-22-16-20(15-21(26)17(22)3)25(32)27-18(4)19-11-8-7-9-12-19/h7-9,11-12,15-16,18H,5-6,10,13-14H2,1-4H3,(H,27,32)(H,28,30). The van der Waals surface area contributed by atoms with Gasteiger partial charge in [-0.05, 0) is 51.8 Å². The lowest BCUT2D eigenvalue weighted by atomic mass is 10.1. The van der Waals surface area contributed by atoms with Gasteiger partial charge in [-0.2, -0.15) is 0 Å². The molecule has 0 bridgehead atoms. The summed E-state index contributed by atoms with van der Waals surface area (Å²) < 4.78 is 14.5. The molecule has 3 amide bonds. The molecule has 0 aliphatic carbocycles. The first-order valence-corrected chi connectivity index (χ1v) is 11.0. The van der Waals surface area contributed by atoms with Crippen molar-refractivity contribution in [1.82, 2.24) is 10.2 Å². The molecule has 7 heteroatoms. The smallest absolute Gasteiger partial charge is 0.251 e. The van der Waals surface area contributed by atoms with Crippen molar-refractivity contribution >= 4 is 23.4 Å². The third kappa shape index (κ3) is 6.90. The van der Waals surface area contributed by atoms with E-state index in [0.717, 1.165) is 5.56 Å². The summed E-state index contributed by atoms with van der Waals surface area (Å²) in [5.41, 5.74) is 1.57. The molecule has 0 fully saturated rings. The highest BCUT2D eigenvalue weighted by atomic mass is 19.1. The fourth-order valence-corrected chi connectivity index (χ4v) is 3.39. The van der Waals surface area contributed by atoms with Crippen molar-refractivity contribution in [2.24, 2.45) is 0 Å². The minimum Gasteiger partial charge on any atom is -0.346 e. The first-order valence-electron chi connectivity index (χ1n) is 11.0. The van der Waals surface area contributed by atoms with Gasteiger partial charge in [-0.3, -0.25) is 14.4 Å². The fraction of sp³-hybridized carbons (Fsp3) is 0.400. The minimum atomic E-state index is -0.572. The van der Waals surface area contributed by atoms with E-state index in [2.05, 4.69) is 10.6 Å². The highest BCUT2D eigenvalue weighted by molar-refractivity contribution is 5.98. The van der Waals surface area contributed by atoms with Gasteiger partial charge in [-0.15, -0.1) is 0 Å². The molecule has 0 saturated heterocycles. The van der Waals surface area contributed by atoms with Gasteiger partial charge >= 0.3 is 0 Å². The third-order valence-electron chi connectivity index (χ3n) is 5.44. The van der Waals surface area contributed by atoms with Crippen molar-refractivity contribution in [2.45, 2.75) is 53.0 Å². The molecule has 2 rings (SSSR count). The van der Waals surface area contributed by atoms with E-state index in [9.17, 15) is 18.8 Å². The molecule has 2 aromatic carbocycles. The molecule has 1 unspecified atom stereocenters. The summed E-state index contributed by atoms with van der Waals surface area (Å²) in [6.07, 6.45) is 0.815. The van der Waals surface area contributed by atoms with Crippen LogP contribution in [0, 0.1) is 12.7 Å². The predicted molar refractivity (Wildman–Crippen MR) is 124 cm³/mol. The number of nitrogens with one attached hydrogen (secondary N) is 2. The van der Waals surface area contributed by atoms with Gasteiger partial charge in [0.1, 0.15) is 5.82 Å². The lowest BCUT2D eigenvalue weighted by Gasteiger charge is -2.18. The van der Waals surface area contributed by atoms with Crippen molar-refractivity contribution in [3.63, 3.8) is 0 Å². The van der Waals surface area contributed by atoms with Gasteiger partial charge in [0.15, 0.2) is 0 Å². The molecule has 0 aromatic heterocycles. The van der Waals surface area contributed by atoms with Crippen LogP contribution in [0.5, 0.6) is 0 Å². The zero-order valence-electron chi connectivity index (χ0n) is 19.2. The largest absolute Gasteiger partial charge is 0.346 e. The quantitative estimate of drug-likeness (QED) is 0.566. The third-order valence-corrected chi connectivity index (χ3v) is 5.44. The summed E-state index contributed by atoms with van der Waals surface area (Å²) >= 11 is 0. The van der Waals surface area contributed by atoms with Crippen LogP contribution in [0.15, 0.2) is 42.5 Å². The Kier molecular flexibility index (Phi) is 9.38. The highest BCUT2D eigenvalue weighted by Crippen LogP contribution is 2.22. The molecule has 0 heterocycles. The summed E-state index contributed by atoms with van der Waals surface area (Å²) in [7, 11) is 0. The Morgan fingerprint density at radius 2 is 1.69 bits per heavy atom. The van der Waals surface area contributed by atoms with Gasteiger partial charge in [0.25, 0.3) is 5.91 Å². The van der Waals surface area contributed by atoms with Crippen molar-refractivity contribution in [2.75, 3.05) is 18.4 Å². The fourth-order valence-electron chi connectivity index (χ4n) is 3.39. The van der Waals surface area contributed by atoms with E-state index in [-0.39, 0.29) is 47.5 Å². The Balaban J connectivity index is 2.01. The van der Waals surface area contributed by atoms with Crippen LogP contribution in [0.2, 0.25) is 0 Å². The molecule has 172 valence electrons.